The molecule has 0 unspecified atom stereocenters. The lowest BCUT2D eigenvalue weighted by Gasteiger charge is -1.94. The number of nitrogens with two attached hydrogens (primary N) is 1. The third kappa shape index (κ3) is 2.78. The minimum atomic E-state index is -3.49. The lowest BCUT2D eigenvalue weighted by molar-refractivity contribution is 0.544. The molecule has 0 radical (unpaired) electrons. The predicted octanol–water partition coefficient (Wildman–Crippen LogP) is -0.523. The van der Waals surface area contributed by atoms with Gasteiger partial charge >= 0.3 is 0 Å². The van der Waals surface area contributed by atoms with Gasteiger partial charge in [-0.2, -0.15) is 0 Å². The molecule has 1 saturated carbocycles. The summed E-state index contributed by atoms with van der Waals surface area (Å²) in [5.74, 6) is 0.455. The van der Waals surface area contributed by atoms with E-state index in [0.717, 1.165) is 6.54 Å². The van der Waals surface area contributed by atoms with Crippen LogP contribution in [0.1, 0.15) is 18.5 Å². The molecule has 6 nitrogen and oxygen atoms in total. The summed E-state index contributed by atoms with van der Waals surface area (Å²) < 4.78 is 23.2. The fraction of sp³-hybridized carbons (Fsp3) is 0.714. The Bertz CT molecular complexity index is 421. The quantitative estimate of drug-likeness (QED) is 0.733. The molecule has 1 aromatic heterocycles. The molecule has 1 aliphatic carbocycles. The average Bonchev–Trinajstić information content (AvgIpc) is 2.71. The Morgan fingerprint density at radius 3 is 2.86 bits per heavy atom. The van der Waals surface area contributed by atoms with E-state index in [1.165, 1.54) is 12.8 Å². The first-order valence-electron chi connectivity index (χ1n) is 4.42. The second-order valence-electron chi connectivity index (χ2n) is 3.68. The van der Waals surface area contributed by atoms with Crippen molar-refractivity contribution in [3.8, 4) is 0 Å². The Balaban J connectivity index is 2.01. The van der Waals surface area contributed by atoms with E-state index in [1.807, 2.05) is 0 Å². The van der Waals surface area contributed by atoms with Gasteiger partial charge < -0.3 is 0 Å². The van der Waals surface area contributed by atoms with E-state index in [1.54, 1.807) is 10.9 Å². The molecule has 1 heterocycles. The fourth-order valence-corrected chi connectivity index (χ4v) is 1.81. The van der Waals surface area contributed by atoms with Crippen molar-refractivity contribution in [1.82, 2.24) is 15.0 Å². The van der Waals surface area contributed by atoms with Gasteiger partial charge in [-0.1, -0.05) is 5.21 Å². The van der Waals surface area contributed by atoms with Gasteiger partial charge in [0.2, 0.25) is 10.0 Å². The highest BCUT2D eigenvalue weighted by molar-refractivity contribution is 7.88. The second-order valence-corrected chi connectivity index (χ2v) is 5.30. The van der Waals surface area contributed by atoms with Gasteiger partial charge in [0, 0.05) is 12.7 Å². The highest BCUT2D eigenvalue weighted by Crippen LogP contribution is 2.30. The summed E-state index contributed by atoms with van der Waals surface area (Å²) >= 11 is 0. The number of hydrogen-bond donors (Lipinski definition) is 1. The third-order valence-corrected chi connectivity index (χ3v) is 2.78. The largest absolute Gasteiger partial charge is 0.252 e. The summed E-state index contributed by atoms with van der Waals surface area (Å²) in [4.78, 5) is 0. The number of sulfonamides is 1. The molecule has 1 aromatic rings. The van der Waals surface area contributed by atoms with Crippen molar-refractivity contribution in [2.24, 2.45) is 11.1 Å². The van der Waals surface area contributed by atoms with Crippen LogP contribution in [0.3, 0.4) is 0 Å². The van der Waals surface area contributed by atoms with E-state index in [0.29, 0.717) is 11.6 Å². The zero-order valence-electron chi connectivity index (χ0n) is 7.63. The van der Waals surface area contributed by atoms with Crippen molar-refractivity contribution in [2.45, 2.75) is 25.1 Å². The van der Waals surface area contributed by atoms with E-state index in [-0.39, 0.29) is 5.75 Å². The number of rotatable bonds is 4. The summed E-state index contributed by atoms with van der Waals surface area (Å²) in [6.45, 7) is 0.831. The Labute approximate surface area is 82.1 Å². The topological polar surface area (TPSA) is 90.9 Å². The van der Waals surface area contributed by atoms with Crippen molar-refractivity contribution in [3.63, 3.8) is 0 Å². The average molecular weight is 216 g/mol. The molecule has 0 saturated heterocycles. The SMILES string of the molecule is NS(=O)(=O)Cc1cn(CC2CC2)nn1. The minimum absolute atomic E-state index is 0.238. The molecule has 0 aromatic carbocycles. The zero-order chi connectivity index (χ0) is 10.2. The molecular formula is C7H12N4O2S. The van der Waals surface area contributed by atoms with E-state index in [4.69, 9.17) is 5.14 Å². The van der Waals surface area contributed by atoms with Crippen molar-refractivity contribution >= 4 is 10.0 Å². The van der Waals surface area contributed by atoms with E-state index < -0.39 is 10.0 Å². The molecule has 0 amide bonds. The first kappa shape index (κ1) is 9.60. The molecule has 1 aliphatic rings. The fourth-order valence-electron chi connectivity index (χ4n) is 1.26. The Morgan fingerprint density at radius 1 is 1.57 bits per heavy atom. The first-order valence-corrected chi connectivity index (χ1v) is 6.14. The maximum atomic E-state index is 10.7. The molecule has 14 heavy (non-hydrogen) atoms. The lowest BCUT2D eigenvalue weighted by Crippen LogP contribution is -2.14. The Morgan fingerprint density at radius 2 is 2.29 bits per heavy atom. The standard InChI is InChI=1S/C7H12N4O2S/c8-14(12,13)5-7-4-11(10-9-7)3-6-1-2-6/h4,6H,1-3,5H2,(H2,8,12,13). The van der Waals surface area contributed by atoms with Crippen LogP contribution in [0.15, 0.2) is 6.20 Å². The van der Waals surface area contributed by atoms with E-state index in [2.05, 4.69) is 10.3 Å². The molecule has 2 rings (SSSR count). The van der Waals surface area contributed by atoms with Crippen LogP contribution in [0.2, 0.25) is 0 Å². The highest BCUT2D eigenvalue weighted by Gasteiger charge is 2.22. The van der Waals surface area contributed by atoms with Gasteiger partial charge in [-0.3, -0.25) is 4.68 Å². The molecule has 1 fully saturated rings. The molecule has 0 bridgehead atoms. The smallest absolute Gasteiger partial charge is 0.214 e. The van der Waals surface area contributed by atoms with Crippen LogP contribution < -0.4 is 5.14 Å². The number of hydrogen-bond acceptors (Lipinski definition) is 4. The third-order valence-electron chi connectivity index (χ3n) is 2.08. The summed E-state index contributed by atoms with van der Waals surface area (Å²) in [5, 5.41) is 12.4. The van der Waals surface area contributed by atoms with Crippen LogP contribution in [-0.2, 0) is 22.3 Å². The van der Waals surface area contributed by atoms with Gasteiger partial charge in [-0.25, -0.2) is 13.6 Å². The van der Waals surface area contributed by atoms with Crippen molar-refractivity contribution in [2.75, 3.05) is 0 Å². The maximum Gasteiger partial charge on any atom is 0.214 e. The van der Waals surface area contributed by atoms with Gasteiger partial charge in [0.15, 0.2) is 0 Å². The minimum Gasteiger partial charge on any atom is -0.252 e. The summed E-state index contributed by atoms with van der Waals surface area (Å²) in [6.07, 6.45) is 4.09. The van der Waals surface area contributed by atoms with Crippen LogP contribution in [0.25, 0.3) is 0 Å². The van der Waals surface area contributed by atoms with Crippen LogP contribution in [0.4, 0.5) is 0 Å². The van der Waals surface area contributed by atoms with Crippen molar-refractivity contribution in [1.29, 1.82) is 0 Å². The molecule has 0 aliphatic heterocycles. The summed E-state index contributed by atoms with van der Waals surface area (Å²) in [7, 11) is -3.49. The number of nitrogens with zero attached hydrogens (tertiary/aromatic N) is 3. The van der Waals surface area contributed by atoms with E-state index in [9.17, 15) is 8.42 Å². The van der Waals surface area contributed by atoms with Crippen LogP contribution in [-0.4, -0.2) is 23.4 Å². The van der Waals surface area contributed by atoms with Crippen molar-refractivity contribution < 1.29 is 8.42 Å². The predicted molar refractivity (Wildman–Crippen MR) is 49.6 cm³/mol. The van der Waals surface area contributed by atoms with Gasteiger partial charge in [-0.05, 0) is 18.8 Å². The Kier molecular flexibility index (Phi) is 2.28. The molecule has 2 N–H and O–H groups in total. The highest BCUT2D eigenvalue weighted by atomic mass is 32.2. The monoisotopic (exact) mass is 216 g/mol. The second kappa shape index (κ2) is 3.32. The van der Waals surface area contributed by atoms with Crippen LogP contribution in [0, 0.1) is 5.92 Å². The Hall–Kier alpha value is -0.950. The number of aromatic nitrogens is 3. The molecule has 0 spiro atoms. The normalized spacial score (nSPS) is 17.2. The van der Waals surface area contributed by atoms with E-state index >= 15 is 0 Å². The van der Waals surface area contributed by atoms with Crippen molar-refractivity contribution in [3.05, 3.63) is 11.9 Å². The van der Waals surface area contributed by atoms with Gasteiger partial charge in [0.1, 0.15) is 5.75 Å². The maximum absolute atomic E-state index is 10.7. The summed E-state index contributed by atoms with van der Waals surface area (Å²) in [5.41, 5.74) is 0.410. The molecule has 0 atom stereocenters. The molecule has 7 heteroatoms. The summed E-state index contributed by atoms with van der Waals surface area (Å²) in [6, 6.07) is 0. The lowest BCUT2D eigenvalue weighted by atomic mass is 10.4. The van der Waals surface area contributed by atoms with Gasteiger partial charge in [0.25, 0.3) is 0 Å². The first-order chi connectivity index (χ1) is 6.53. The van der Waals surface area contributed by atoms with Gasteiger partial charge in [0.05, 0.1) is 5.69 Å². The zero-order valence-corrected chi connectivity index (χ0v) is 8.44. The van der Waals surface area contributed by atoms with Crippen LogP contribution in [0.5, 0.6) is 0 Å². The molecular weight excluding hydrogens is 204 g/mol. The van der Waals surface area contributed by atoms with Gasteiger partial charge in [-0.15, -0.1) is 5.10 Å². The van der Waals surface area contributed by atoms with Crippen LogP contribution >= 0.6 is 0 Å². The molecule has 78 valence electrons. The number of primary sulfonamides is 1.